The molecule has 1 aromatic heterocycles. The fraction of sp³-hybridized carbons (Fsp3) is 0.308. The van der Waals surface area contributed by atoms with E-state index in [1.165, 1.54) is 0 Å². The number of aromatic nitrogens is 1. The maximum absolute atomic E-state index is 13.4. The standard InChI is InChI=1S/C26H29N3O2/c1-15-8-10-20(17(3)13-15)27-25(30)23-19(5)29-12-6-7-22(29)24(23)26(31)28-21-11-9-16(2)14-18(21)4/h8-11,13-14H,6-7,12H2,1-5H3,(H,27,30)(H,28,31). The second-order valence-corrected chi connectivity index (χ2v) is 8.58. The Morgan fingerprint density at radius 1 is 0.774 bits per heavy atom. The third kappa shape index (κ3) is 3.88. The minimum atomic E-state index is -0.239. The Morgan fingerprint density at radius 2 is 1.29 bits per heavy atom. The zero-order valence-corrected chi connectivity index (χ0v) is 18.8. The number of amides is 2. The van der Waals surface area contributed by atoms with Crippen LogP contribution in [0.3, 0.4) is 0 Å². The van der Waals surface area contributed by atoms with Crippen molar-refractivity contribution in [1.82, 2.24) is 4.57 Å². The summed E-state index contributed by atoms with van der Waals surface area (Å²) in [5, 5.41) is 6.07. The van der Waals surface area contributed by atoms with Crippen LogP contribution in [-0.2, 0) is 13.0 Å². The Morgan fingerprint density at radius 3 is 1.81 bits per heavy atom. The normalized spacial score (nSPS) is 12.5. The number of rotatable bonds is 4. The van der Waals surface area contributed by atoms with E-state index in [2.05, 4.69) is 15.2 Å². The highest BCUT2D eigenvalue weighted by Gasteiger charge is 2.31. The summed E-state index contributed by atoms with van der Waals surface area (Å²) >= 11 is 0. The van der Waals surface area contributed by atoms with Crippen LogP contribution in [0, 0.1) is 34.6 Å². The fourth-order valence-corrected chi connectivity index (χ4v) is 4.56. The Bertz CT molecular complexity index is 1200. The molecule has 5 heteroatoms. The van der Waals surface area contributed by atoms with E-state index in [-0.39, 0.29) is 11.8 Å². The summed E-state index contributed by atoms with van der Waals surface area (Å²) in [4.78, 5) is 26.8. The predicted molar refractivity (Wildman–Crippen MR) is 125 cm³/mol. The van der Waals surface area contributed by atoms with Gasteiger partial charge in [-0.1, -0.05) is 35.4 Å². The lowest BCUT2D eigenvalue weighted by molar-refractivity contribution is 0.0990. The van der Waals surface area contributed by atoms with Crippen LogP contribution < -0.4 is 10.6 Å². The monoisotopic (exact) mass is 415 g/mol. The van der Waals surface area contributed by atoms with Crippen molar-refractivity contribution in [3.05, 3.63) is 81.2 Å². The van der Waals surface area contributed by atoms with Crippen molar-refractivity contribution in [1.29, 1.82) is 0 Å². The molecule has 0 bridgehead atoms. The Hall–Kier alpha value is -3.34. The summed E-state index contributed by atoms with van der Waals surface area (Å²) in [5.41, 5.74) is 8.59. The van der Waals surface area contributed by atoms with E-state index in [9.17, 15) is 9.59 Å². The number of hydrogen-bond acceptors (Lipinski definition) is 2. The summed E-state index contributed by atoms with van der Waals surface area (Å²) < 4.78 is 2.12. The molecule has 0 spiro atoms. The smallest absolute Gasteiger partial charge is 0.258 e. The van der Waals surface area contributed by atoms with Crippen LogP contribution in [0.25, 0.3) is 0 Å². The topological polar surface area (TPSA) is 63.1 Å². The van der Waals surface area contributed by atoms with Gasteiger partial charge in [-0.3, -0.25) is 9.59 Å². The number of aryl methyl sites for hydroxylation is 4. The molecule has 0 unspecified atom stereocenters. The van der Waals surface area contributed by atoms with Crippen LogP contribution in [0.5, 0.6) is 0 Å². The molecule has 5 nitrogen and oxygen atoms in total. The first-order chi connectivity index (χ1) is 14.8. The quantitative estimate of drug-likeness (QED) is 0.593. The zero-order valence-electron chi connectivity index (χ0n) is 18.8. The summed E-state index contributed by atoms with van der Waals surface area (Å²) in [6.45, 7) is 10.8. The lowest BCUT2D eigenvalue weighted by Gasteiger charge is -2.13. The van der Waals surface area contributed by atoms with Gasteiger partial charge in [-0.15, -0.1) is 0 Å². The predicted octanol–water partition coefficient (Wildman–Crippen LogP) is 5.48. The molecule has 31 heavy (non-hydrogen) atoms. The molecule has 0 saturated heterocycles. The van der Waals surface area contributed by atoms with Gasteiger partial charge in [-0.25, -0.2) is 0 Å². The lowest BCUT2D eigenvalue weighted by atomic mass is 10.0. The molecule has 1 aliphatic heterocycles. The minimum absolute atomic E-state index is 0.225. The minimum Gasteiger partial charge on any atom is -0.347 e. The van der Waals surface area contributed by atoms with E-state index in [1.807, 2.05) is 71.0 Å². The molecule has 160 valence electrons. The number of carbonyl (C=O) groups is 2. The van der Waals surface area contributed by atoms with Crippen molar-refractivity contribution in [2.75, 3.05) is 10.6 Å². The average molecular weight is 416 g/mol. The highest BCUT2D eigenvalue weighted by molar-refractivity contribution is 6.17. The first-order valence-electron chi connectivity index (χ1n) is 10.8. The number of hydrogen-bond donors (Lipinski definition) is 2. The van der Waals surface area contributed by atoms with Gasteiger partial charge in [0.15, 0.2) is 0 Å². The largest absolute Gasteiger partial charge is 0.347 e. The van der Waals surface area contributed by atoms with Crippen molar-refractivity contribution in [2.45, 2.75) is 54.0 Å². The average Bonchev–Trinajstić information content (AvgIpc) is 3.28. The van der Waals surface area contributed by atoms with E-state index in [1.54, 1.807) is 0 Å². The van der Waals surface area contributed by atoms with Gasteiger partial charge in [0.25, 0.3) is 11.8 Å². The van der Waals surface area contributed by atoms with E-state index in [4.69, 9.17) is 0 Å². The molecule has 0 fully saturated rings. The van der Waals surface area contributed by atoms with E-state index in [0.29, 0.717) is 11.1 Å². The fourth-order valence-electron chi connectivity index (χ4n) is 4.56. The van der Waals surface area contributed by atoms with Crippen LogP contribution in [-0.4, -0.2) is 16.4 Å². The maximum atomic E-state index is 13.4. The molecule has 0 saturated carbocycles. The van der Waals surface area contributed by atoms with Gasteiger partial charge in [-0.05, 0) is 70.7 Å². The molecular weight excluding hydrogens is 386 g/mol. The Labute approximate surface area is 183 Å². The van der Waals surface area contributed by atoms with Crippen molar-refractivity contribution in [3.8, 4) is 0 Å². The Balaban J connectivity index is 1.71. The molecule has 2 amide bonds. The third-order valence-electron chi connectivity index (χ3n) is 6.14. The van der Waals surface area contributed by atoms with Gasteiger partial charge in [0.2, 0.25) is 0 Å². The zero-order chi connectivity index (χ0) is 22.3. The van der Waals surface area contributed by atoms with Gasteiger partial charge in [-0.2, -0.15) is 0 Å². The summed E-state index contributed by atoms with van der Waals surface area (Å²) in [6, 6.07) is 11.9. The Kier molecular flexibility index (Phi) is 5.44. The summed E-state index contributed by atoms with van der Waals surface area (Å²) in [6.07, 6.45) is 1.78. The van der Waals surface area contributed by atoms with Crippen molar-refractivity contribution in [2.24, 2.45) is 0 Å². The number of anilines is 2. The van der Waals surface area contributed by atoms with Gasteiger partial charge in [0, 0.05) is 29.3 Å². The first kappa shape index (κ1) is 20.9. The second-order valence-electron chi connectivity index (χ2n) is 8.58. The molecule has 4 rings (SSSR count). The van der Waals surface area contributed by atoms with Crippen LogP contribution in [0.2, 0.25) is 0 Å². The second kappa shape index (κ2) is 8.06. The third-order valence-corrected chi connectivity index (χ3v) is 6.14. The molecule has 2 N–H and O–H groups in total. The van der Waals surface area contributed by atoms with Crippen molar-refractivity contribution in [3.63, 3.8) is 0 Å². The van der Waals surface area contributed by atoms with E-state index < -0.39 is 0 Å². The van der Waals surface area contributed by atoms with Gasteiger partial charge < -0.3 is 15.2 Å². The van der Waals surface area contributed by atoms with Crippen LogP contribution in [0.15, 0.2) is 36.4 Å². The molecule has 1 aliphatic rings. The molecule has 0 aliphatic carbocycles. The number of fused-ring (bicyclic) bond motifs is 1. The molecule has 0 radical (unpaired) electrons. The number of benzene rings is 2. The molecule has 2 heterocycles. The number of carbonyl (C=O) groups excluding carboxylic acids is 2. The van der Waals surface area contributed by atoms with Crippen LogP contribution in [0.1, 0.15) is 60.8 Å². The summed E-state index contributed by atoms with van der Waals surface area (Å²) in [7, 11) is 0. The highest BCUT2D eigenvalue weighted by atomic mass is 16.2. The van der Waals surface area contributed by atoms with Gasteiger partial charge in [0.1, 0.15) is 0 Å². The SMILES string of the molecule is Cc1ccc(NC(=O)c2c(C(=O)Nc3ccc(C)cc3C)c3n(c2C)CCC3)c(C)c1. The van der Waals surface area contributed by atoms with Gasteiger partial charge >= 0.3 is 0 Å². The van der Waals surface area contributed by atoms with Crippen LogP contribution >= 0.6 is 0 Å². The molecule has 0 atom stereocenters. The highest BCUT2D eigenvalue weighted by Crippen LogP contribution is 2.31. The number of nitrogens with zero attached hydrogens (tertiary/aromatic N) is 1. The van der Waals surface area contributed by atoms with Gasteiger partial charge in [0.05, 0.1) is 11.1 Å². The molecule has 3 aromatic rings. The maximum Gasteiger partial charge on any atom is 0.258 e. The molecule has 2 aromatic carbocycles. The van der Waals surface area contributed by atoms with Crippen LogP contribution in [0.4, 0.5) is 11.4 Å². The molecular formula is C26H29N3O2. The summed E-state index contributed by atoms with van der Waals surface area (Å²) in [5.74, 6) is -0.464. The van der Waals surface area contributed by atoms with Crippen molar-refractivity contribution >= 4 is 23.2 Å². The number of nitrogens with one attached hydrogen (secondary N) is 2. The van der Waals surface area contributed by atoms with E-state index in [0.717, 1.165) is 64.4 Å². The first-order valence-corrected chi connectivity index (χ1v) is 10.8. The van der Waals surface area contributed by atoms with E-state index >= 15 is 0 Å². The lowest BCUT2D eigenvalue weighted by Crippen LogP contribution is -2.21. The van der Waals surface area contributed by atoms with Crippen molar-refractivity contribution < 1.29 is 9.59 Å².